The number of aliphatic hydroxyl groups is 2. The number of aromatic nitrogens is 4. The molecule has 0 aliphatic heterocycles. The summed E-state index contributed by atoms with van der Waals surface area (Å²) in [5.74, 6) is -4.50. The predicted octanol–water partition coefficient (Wildman–Crippen LogP) is 10.2. The number of carbonyl (C=O) groups excluding carboxylic acids is 4. The average Bonchev–Trinajstić information content (AvgIpc) is 2.01. The molecule has 0 unspecified atom stereocenters. The molecule has 0 spiro atoms. The maximum Gasteiger partial charge on any atom is 2.00 e. The van der Waals surface area contributed by atoms with Crippen LogP contribution in [0, 0.1) is 0 Å². The van der Waals surface area contributed by atoms with Gasteiger partial charge in [0.05, 0.1) is 45.9 Å². The van der Waals surface area contributed by atoms with Crippen LogP contribution >= 0.6 is 0 Å². The van der Waals surface area contributed by atoms with Gasteiger partial charge in [-0.2, -0.15) is 0 Å². The number of nitrogens with zero attached hydrogens (tertiary/aromatic N) is 4. The van der Waals surface area contributed by atoms with Gasteiger partial charge in [0.15, 0.2) is 0 Å². The van der Waals surface area contributed by atoms with Gasteiger partial charge in [0.25, 0.3) is 0 Å². The Morgan fingerprint density at radius 1 is 0.279 bits per heavy atom. The predicted molar refractivity (Wildman–Crippen MR) is 328 cm³/mol. The molecule has 0 fully saturated rings. The monoisotopic (exact) mass is 1240 g/mol. The standard InChI is InChI=1S/2C12H8N2.4C11H14O2.2CH4O.2Mn/c2*1-3-9-5-6-10-4-2-8-14-12(10)11(9)13-7-1;4*1-11(2,3)9-6-4-8(5-7-9)10(12)13;2*1-2;;/h2*1-8H;4*4-7H,1-3H3,(H,12,13);2*2H,1H3;;/q;;;;;;;;2*+2/p-4. The Balaban J connectivity index is 0.000000508. The fourth-order valence-corrected chi connectivity index (χ4v) is 7.78. The molecule has 0 saturated carbocycles. The van der Waals surface area contributed by atoms with E-state index in [-0.39, 0.29) is 78.1 Å². The fraction of sp³-hybridized carbons (Fsp3) is 0.257. The number of fused-ring (bicyclic) bond motifs is 6. The van der Waals surface area contributed by atoms with Crippen LogP contribution in [-0.2, 0) is 55.8 Å². The minimum Gasteiger partial charge on any atom is -0.545 e. The number of rotatable bonds is 4. The first-order chi connectivity index (χ1) is 39.5. The van der Waals surface area contributed by atoms with Crippen molar-refractivity contribution in [3.63, 3.8) is 0 Å². The third kappa shape index (κ3) is 23.7. The van der Waals surface area contributed by atoms with Crippen LogP contribution in [0.15, 0.2) is 195 Å². The number of carboxylic acids is 4. The first kappa shape index (κ1) is 75.8. The third-order valence-electron chi connectivity index (χ3n) is 12.6. The van der Waals surface area contributed by atoms with Crippen molar-refractivity contribution in [2.45, 2.75) is 105 Å². The van der Waals surface area contributed by atoms with Gasteiger partial charge in [-0.1, -0.05) is 229 Å². The first-order valence-electron chi connectivity index (χ1n) is 26.9. The van der Waals surface area contributed by atoms with Gasteiger partial charge in [-0.15, -0.1) is 0 Å². The molecule has 0 amide bonds. The normalized spacial score (nSPS) is 10.5. The number of pyridine rings is 4. The number of hydrogen-bond donors (Lipinski definition) is 2. The molecular weight excluding hydrogens is 1170 g/mol. The Bertz CT molecular complexity index is 3210. The van der Waals surface area contributed by atoms with Gasteiger partial charge in [0, 0.05) is 60.6 Å². The van der Waals surface area contributed by atoms with Crippen LogP contribution < -0.4 is 20.4 Å². The summed E-state index contributed by atoms with van der Waals surface area (Å²) >= 11 is 0. The van der Waals surface area contributed by atoms with E-state index in [0.29, 0.717) is 0 Å². The van der Waals surface area contributed by atoms with Gasteiger partial charge in [0.2, 0.25) is 0 Å². The summed E-state index contributed by atoms with van der Waals surface area (Å²) in [6, 6.07) is 51.5. The van der Waals surface area contributed by atoms with Gasteiger partial charge in [0.1, 0.15) is 0 Å². The van der Waals surface area contributed by atoms with Crippen LogP contribution in [0.5, 0.6) is 0 Å². The SMILES string of the molecule is CC(C)(C)c1ccc(C(=O)[O-])cc1.CC(C)(C)c1ccc(C(=O)[O-])cc1.CC(C)(C)c1ccc(C(=O)[O-])cc1.CC(C)(C)c1ccc(C(=O)[O-])cc1.CO.CO.[Mn+2].[Mn+2].c1cnc2c(c1)ccc1cccnc12.c1cnc2c(c1)ccc1cccnc12. The molecule has 450 valence electrons. The first-order valence-corrected chi connectivity index (χ1v) is 26.9. The van der Waals surface area contributed by atoms with Crippen molar-refractivity contribution in [2.24, 2.45) is 0 Å². The Morgan fingerprint density at radius 3 is 0.558 bits per heavy atom. The Morgan fingerprint density at radius 2 is 0.430 bits per heavy atom. The fourth-order valence-electron chi connectivity index (χ4n) is 7.78. The molecule has 0 bridgehead atoms. The zero-order valence-electron chi connectivity index (χ0n) is 51.2. The number of aliphatic hydroxyl groups excluding tert-OH is 2. The molecule has 14 nitrogen and oxygen atoms in total. The molecule has 6 aromatic carbocycles. The summed E-state index contributed by atoms with van der Waals surface area (Å²) in [6.45, 7) is 25.0. The second kappa shape index (κ2) is 35.3. The quantitative estimate of drug-likeness (QED) is 0.123. The summed E-state index contributed by atoms with van der Waals surface area (Å²) in [5, 5.41) is 60.4. The topological polar surface area (TPSA) is 253 Å². The van der Waals surface area contributed by atoms with E-state index in [1.54, 1.807) is 73.3 Å². The molecule has 0 aliphatic carbocycles. The summed E-state index contributed by atoms with van der Waals surface area (Å²) in [6.07, 6.45) is 7.21. The van der Waals surface area contributed by atoms with E-state index in [9.17, 15) is 39.6 Å². The maximum absolute atomic E-state index is 10.5. The molecule has 16 heteroatoms. The van der Waals surface area contributed by atoms with Crippen molar-refractivity contribution in [3.05, 3.63) is 239 Å². The molecule has 0 aliphatic rings. The van der Waals surface area contributed by atoms with E-state index >= 15 is 0 Å². The number of carbonyl (C=O) groups is 4. The van der Waals surface area contributed by atoms with Crippen molar-refractivity contribution in [1.29, 1.82) is 0 Å². The summed E-state index contributed by atoms with van der Waals surface area (Å²) in [7, 11) is 2.00. The molecule has 4 heterocycles. The van der Waals surface area contributed by atoms with E-state index in [1.165, 1.54) is 0 Å². The van der Waals surface area contributed by atoms with Crippen LogP contribution in [0.3, 0.4) is 0 Å². The van der Waals surface area contributed by atoms with Crippen molar-refractivity contribution < 1.29 is 84.0 Å². The Labute approximate surface area is 526 Å². The van der Waals surface area contributed by atoms with Crippen LogP contribution in [0.2, 0.25) is 0 Å². The van der Waals surface area contributed by atoms with Crippen molar-refractivity contribution in [1.82, 2.24) is 19.9 Å². The molecule has 0 atom stereocenters. The van der Waals surface area contributed by atoms with Crippen LogP contribution in [-0.4, -0.2) is 68.2 Å². The second-order valence-corrected chi connectivity index (χ2v) is 22.9. The zero-order valence-corrected chi connectivity index (χ0v) is 53.5. The van der Waals surface area contributed by atoms with Crippen molar-refractivity contribution >= 4 is 67.5 Å². The number of carboxylic acid groups (broad SMARTS) is 4. The summed E-state index contributed by atoms with van der Waals surface area (Å²) in [5.41, 5.74) is 9.56. The van der Waals surface area contributed by atoms with Crippen LogP contribution in [0.4, 0.5) is 0 Å². The van der Waals surface area contributed by atoms with E-state index in [0.717, 1.165) is 80.1 Å². The Hall–Kier alpha value is -8.20. The van der Waals surface area contributed by atoms with Crippen LogP contribution in [0.1, 0.15) is 147 Å². The molecule has 10 aromatic rings. The summed E-state index contributed by atoms with van der Waals surface area (Å²) in [4.78, 5) is 59.2. The van der Waals surface area contributed by atoms with E-state index in [4.69, 9.17) is 10.2 Å². The molecule has 2 radical (unpaired) electrons. The van der Waals surface area contributed by atoms with Crippen LogP contribution in [0.25, 0.3) is 43.6 Å². The summed E-state index contributed by atoms with van der Waals surface area (Å²) < 4.78 is 0. The molecule has 86 heavy (non-hydrogen) atoms. The van der Waals surface area contributed by atoms with Gasteiger partial charge in [-0.05, 0) is 90.4 Å². The van der Waals surface area contributed by atoms with E-state index < -0.39 is 23.9 Å². The molecule has 4 aromatic heterocycles. The van der Waals surface area contributed by atoms with Crippen molar-refractivity contribution in [2.75, 3.05) is 14.2 Å². The zero-order chi connectivity index (χ0) is 63.0. The second-order valence-electron chi connectivity index (χ2n) is 22.9. The average molecular weight is 1240 g/mol. The van der Waals surface area contributed by atoms with E-state index in [2.05, 4.69) is 152 Å². The smallest absolute Gasteiger partial charge is 0.545 e. The molecule has 0 saturated heterocycles. The number of aromatic carboxylic acids is 4. The molecule has 2 N–H and O–H groups in total. The minimum absolute atomic E-state index is 0. The minimum atomic E-state index is -1.12. The number of benzene rings is 6. The number of hydrogen-bond acceptors (Lipinski definition) is 14. The van der Waals surface area contributed by atoms with E-state index in [1.807, 2.05) is 72.8 Å². The van der Waals surface area contributed by atoms with Gasteiger partial charge in [-0.25, -0.2) is 0 Å². The largest absolute Gasteiger partial charge is 2.00 e. The maximum atomic E-state index is 10.5. The third-order valence-corrected chi connectivity index (χ3v) is 12.6. The Kier molecular flexibility index (Phi) is 31.1. The van der Waals surface area contributed by atoms with Gasteiger partial charge >= 0.3 is 34.1 Å². The molecular formula is C70H76Mn2N4O10. The van der Waals surface area contributed by atoms with Crippen molar-refractivity contribution in [3.8, 4) is 0 Å². The van der Waals surface area contributed by atoms with Gasteiger partial charge in [-0.3, -0.25) is 19.9 Å². The van der Waals surface area contributed by atoms with Gasteiger partial charge < -0.3 is 49.8 Å². The molecule has 10 rings (SSSR count).